The zero-order chi connectivity index (χ0) is 10.9. The molecule has 0 radical (unpaired) electrons. The lowest BCUT2D eigenvalue weighted by Gasteiger charge is -1.98. The van der Waals surface area contributed by atoms with E-state index in [1.165, 1.54) is 6.07 Å². The van der Waals surface area contributed by atoms with Crippen molar-refractivity contribution in [3.8, 4) is 11.3 Å². The van der Waals surface area contributed by atoms with Crippen molar-refractivity contribution in [2.45, 2.75) is 0 Å². The van der Waals surface area contributed by atoms with Gasteiger partial charge >= 0.3 is 7.60 Å². The number of benzene rings is 1. The molecule has 0 aliphatic carbocycles. The number of hydrogen-bond donors (Lipinski definition) is 2. The standard InChI is InChI=1S/C10H9O4P/c11-15(12,13)10-7-6-9(14-10)8-4-2-1-3-5-8/h1-7H,(H2,11,12,13). The fourth-order valence-electron chi connectivity index (χ4n) is 1.24. The van der Waals surface area contributed by atoms with Crippen molar-refractivity contribution >= 4 is 13.1 Å². The van der Waals surface area contributed by atoms with Crippen LogP contribution in [0.1, 0.15) is 0 Å². The second kappa shape index (κ2) is 3.66. The molecule has 0 unspecified atom stereocenters. The molecule has 0 fully saturated rings. The van der Waals surface area contributed by atoms with E-state index in [1.54, 1.807) is 6.07 Å². The molecular formula is C10H9O4P. The Hall–Kier alpha value is -1.35. The lowest BCUT2D eigenvalue weighted by atomic mass is 10.2. The van der Waals surface area contributed by atoms with Crippen LogP contribution in [-0.2, 0) is 4.57 Å². The monoisotopic (exact) mass is 224 g/mol. The lowest BCUT2D eigenvalue weighted by Crippen LogP contribution is -1.98. The maximum absolute atomic E-state index is 10.9. The molecule has 2 N–H and O–H groups in total. The largest absolute Gasteiger partial charge is 0.448 e. The van der Waals surface area contributed by atoms with E-state index in [9.17, 15) is 4.57 Å². The van der Waals surface area contributed by atoms with E-state index in [0.29, 0.717) is 5.76 Å². The number of rotatable bonds is 2. The van der Waals surface area contributed by atoms with Gasteiger partial charge in [0.2, 0.25) is 5.50 Å². The summed E-state index contributed by atoms with van der Waals surface area (Å²) in [6.07, 6.45) is 0. The first-order chi connectivity index (χ1) is 7.07. The van der Waals surface area contributed by atoms with Crippen molar-refractivity contribution in [1.82, 2.24) is 0 Å². The van der Waals surface area contributed by atoms with Crippen LogP contribution in [0.2, 0.25) is 0 Å². The molecule has 0 amide bonds. The first kappa shape index (κ1) is 10.2. The first-order valence-corrected chi connectivity index (χ1v) is 5.90. The molecule has 0 saturated heterocycles. The van der Waals surface area contributed by atoms with Gasteiger partial charge < -0.3 is 14.2 Å². The zero-order valence-corrected chi connectivity index (χ0v) is 8.59. The Bertz CT molecular complexity index is 497. The summed E-state index contributed by atoms with van der Waals surface area (Å²) in [6.45, 7) is 0. The molecule has 0 bridgehead atoms. The SMILES string of the molecule is O=P(O)(O)c1ccc(-c2ccccc2)o1. The molecule has 4 nitrogen and oxygen atoms in total. The molecule has 0 atom stereocenters. The first-order valence-electron chi connectivity index (χ1n) is 4.29. The molecule has 5 heteroatoms. The summed E-state index contributed by atoms with van der Waals surface area (Å²) in [5, 5.41) is 0. The van der Waals surface area contributed by atoms with E-state index in [2.05, 4.69) is 0 Å². The third-order valence-electron chi connectivity index (χ3n) is 1.94. The third-order valence-corrected chi connectivity index (χ3v) is 2.75. The summed E-state index contributed by atoms with van der Waals surface area (Å²) in [4.78, 5) is 17.7. The smallest absolute Gasteiger partial charge is 0.391 e. The second-order valence-corrected chi connectivity index (χ2v) is 4.58. The van der Waals surface area contributed by atoms with Crippen LogP contribution in [0, 0.1) is 0 Å². The predicted octanol–water partition coefficient (Wildman–Crippen LogP) is 1.75. The highest BCUT2D eigenvalue weighted by molar-refractivity contribution is 7.59. The minimum atomic E-state index is -4.28. The van der Waals surface area contributed by atoms with Crippen molar-refractivity contribution in [2.75, 3.05) is 0 Å². The van der Waals surface area contributed by atoms with Gasteiger partial charge in [0.25, 0.3) is 0 Å². The van der Waals surface area contributed by atoms with Gasteiger partial charge in [-0.25, -0.2) is 0 Å². The van der Waals surface area contributed by atoms with Crippen LogP contribution in [0.25, 0.3) is 11.3 Å². The Labute approximate surface area is 86.3 Å². The Morgan fingerprint density at radius 1 is 1.00 bits per heavy atom. The van der Waals surface area contributed by atoms with Gasteiger partial charge in [-0.1, -0.05) is 30.3 Å². The van der Waals surface area contributed by atoms with E-state index in [4.69, 9.17) is 14.2 Å². The van der Waals surface area contributed by atoms with Crippen molar-refractivity contribution < 1.29 is 18.8 Å². The molecule has 1 aromatic heterocycles. The molecular weight excluding hydrogens is 215 g/mol. The minimum absolute atomic E-state index is 0.304. The van der Waals surface area contributed by atoms with Crippen LogP contribution in [0.3, 0.4) is 0 Å². The third kappa shape index (κ3) is 2.18. The van der Waals surface area contributed by atoms with Gasteiger partial charge in [-0.2, -0.15) is 0 Å². The van der Waals surface area contributed by atoms with Crippen LogP contribution < -0.4 is 5.50 Å². The summed E-state index contributed by atoms with van der Waals surface area (Å²) in [6, 6.07) is 12.0. The Kier molecular flexibility index (Phi) is 2.49. The average molecular weight is 224 g/mol. The lowest BCUT2D eigenvalue weighted by molar-refractivity contribution is 0.377. The summed E-state index contributed by atoms with van der Waals surface area (Å²) in [5.74, 6) is 0.453. The van der Waals surface area contributed by atoms with Crippen LogP contribution >= 0.6 is 7.60 Å². The van der Waals surface area contributed by atoms with Crippen molar-refractivity contribution in [3.05, 3.63) is 42.5 Å². The van der Waals surface area contributed by atoms with Gasteiger partial charge in [0.1, 0.15) is 5.76 Å². The van der Waals surface area contributed by atoms with E-state index in [1.807, 2.05) is 30.3 Å². The van der Waals surface area contributed by atoms with Crippen LogP contribution in [-0.4, -0.2) is 9.79 Å². The summed E-state index contributed by atoms with van der Waals surface area (Å²) in [7, 11) is -4.28. The van der Waals surface area contributed by atoms with Crippen molar-refractivity contribution in [1.29, 1.82) is 0 Å². The highest BCUT2D eigenvalue weighted by atomic mass is 31.2. The van der Waals surface area contributed by atoms with E-state index < -0.39 is 7.60 Å². The topological polar surface area (TPSA) is 70.7 Å². The second-order valence-electron chi connectivity index (χ2n) is 3.05. The fourth-order valence-corrected chi connectivity index (χ4v) is 1.73. The molecule has 1 heterocycles. The van der Waals surface area contributed by atoms with E-state index >= 15 is 0 Å². The quantitative estimate of drug-likeness (QED) is 0.762. The molecule has 2 rings (SSSR count). The maximum Gasteiger partial charge on any atom is 0.391 e. The Morgan fingerprint density at radius 3 is 2.20 bits per heavy atom. The van der Waals surface area contributed by atoms with Gasteiger partial charge in [0.15, 0.2) is 0 Å². The summed E-state index contributed by atoms with van der Waals surface area (Å²) < 4.78 is 15.9. The average Bonchev–Trinajstić information content (AvgIpc) is 2.67. The van der Waals surface area contributed by atoms with Gasteiger partial charge in [-0.3, -0.25) is 4.57 Å². The molecule has 1 aromatic carbocycles. The van der Waals surface area contributed by atoms with Crippen LogP contribution in [0.5, 0.6) is 0 Å². The summed E-state index contributed by atoms with van der Waals surface area (Å²) in [5.41, 5.74) is 0.485. The molecule has 78 valence electrons. The fraction of sp³-hybridized carbons (Fsp3) is 0. The van der Waals surface area contributed by atoms with E-state index in [-0.39, 0.29) is 5.50 Å². The summed E-state index contributed by atoms with van der Waals surface area (Å²) >= 11 is 0. The molecule has 15 heavy (non-hydrogen) atoms. The van der Waals surface area contributed by atoms with Gasteiger partial charge in [-0.15, -0.1) is 0 Å². The molecule has 0 saturated carbocycles. The molecule has 0 aliphatic heterocycles. The zero-order valence-electron chi connectivity index (χ0n) is 7.70. The number of hydrogen-bond acceptors (Lipinski definition) is 2. The highest BCUT2D eigenvalue weighted by Crippen LogP contribution is 2.35. The highest BCUT2D eigenvalue weighted by Gasteiger charge is 2.21. The van der Waals surface area contributed by atoms with Crippen LogP contribution in [0.4, 0.5) is 0 Å². The normalized spacial score (nSPS) is 11.6. The van der Waals surface area contributed by atoms with Crippen molar-refractivity contribution in [2.24, 2.45) is 0 Å². The van der Waals surface area contributed by atoms with Gasteiger partial charge in [0.05, 0.1) is 0 Å². The minimum Gasteiger partial charge on any atom is -0.448 e. The molecule has 2 aromatic rings. The molecule has 0 spiro atoms. The van der Waals surface area contributed by atoms with Gasteiger partial charge in [0, 0.05) is 5.56 Å². The van der Waals surface area contributed by atoms with Crippen molar-refractivity contribution in [3.63, 3.8) is 0 Å². The van der Waals surface area contributed by atoms with Gasteiger partial charge in [-0.05, 0) is 12.1 Å². The maximum atomic E-state index is 10.9. The number of furan rings is 1. The van der Waals surface area contributed by atoms with Crippen LogP contribution in [0.15, 0.2) is 46.9 Å². The predicted molar refractivity (Wildman–Crippen MR) is 55.8 cm³/mol. The van der Waals surface area contributed by atoms with E-state index in [0.717, 1.165) is 5.56 Å². The molecule has 0 aliphatic rings. The Morgan fingerprint density at radius 2 is 1.67 bits per heavy atom. The Balaban J connectivity index is 2.41.